The lowest BCUT2D eigenvalue weighted by molar-refractivity contribution is -0.141. The average molecular weight is 262 g/mol. The quantitative estimate of drug-likeness (QED) is 0.844. The molecule has 0 radical (unpaired) electrons. The van der Waals surface area contributed by atoms with Gasteiger partial charge in [-0.05, 0) is 29.5 Å². The number of carbonyl (C=O) groups excluding carboxylic acids is 1. The van der Waals surface area contributed by atoms with Crippen LogP contribution in [0.4, 0.5) is 0 Å². The number of benzene rings is 1. The minimum Gasteiger partial charge on any atom is -0.481 e. The Balaban J connectivity index is 3.06. The molecule has 0 aliphatic heterocycles. The van der Waals surface area contributed by atoms with Crippen LogP contribution >= 0.6 is 0 Å². The summed E-state index contributed by atoms with van der Waals surface area (Å²) in [6.07, 6.45) is 0.0454. The third kappa shape index (κ3) is 3.91. The van der Waals surface area contributed by atoms with Gasteiger partial charge in [-0.2, -0.15) is 0 Å². The molecule has 1 aromatic rings. The fourth-order valence-corrected chi connectivity index (χ4v) is 1.86. The molecular formula is C16H22O3. The molecule has 0 amide bonds. The van der Waals surface area contributed by atoms with E-state index < -0.39 is 11.9 Å². The van der Waals surface area contributed by atoms with E-state index in [2.05, 4.69) is 20.8 Å². The molecule has 104 valence electrons. The van der Waals surface area contributed by atoms with Gasteiger partial charge in [0.25, 0.3) is 0 Å². The first-order chi connectivity index (χ1) is 8.62. The Morgan fingerprint density at radius 1 is 1.26 bits per heavy atom. The third-order valence-corrected chi connectivity index (χ3v) is 3.32. The molecule has 0 saturated heterocycles. The second kappa shape index (κ2) is 5.55. The van der Waals surface area contributed by atoms with Gasteiger partial charge in [-0.3, -0.25) is 9.59 Å². The molecular weight excluding hydrogens is 240 g/mol. The fraction of sp³-hybridized carbons (Fsp3) is 0.500. The van der Waals surface area contributed by atoms with Crippen LogP contribution in [-0.2, 0) is 10.2 Å². The van der Waals surface area contributed by atoms with Crippen molar-refractivity contribution in [3.05, 3.63) is 34.9 Å². The van der Waals surface area contributed by atoms with E-state index in [9.17, 15) is 9.59 Å². The maximum Gasteiger partial charge on any atom is 0.306 e. The lowest BCUT2D eigenvalue weighted by atomic mass is 9.84. The van der Waals surface area contributed by atoms with Gasteiger partial charge in [0, 0.05) is 12.0 Å². The van der Waals surface area contributed by atoms with Crippen molar-refractivity contribution in [1.82, 2.24) is 0 Å². The first kappa shape index (κ1) is 15.4. The molecule has 1 rings (SSSR count). The van der Waals surface area contributed by atoms with Gasteiger partial charge in [-0.15, -0.1) is 0 Å². The smallest absolute Gasteiger partial charge is 0.306 e. The van der Waals surface area contributed by atoms with Crippen LogP contribution in [0.25, 0.3) is 0 Å². The predicted octanol–water partition coefficient (Wildman–Crippen LogP) is 3.59. The van der Waals surface area contributed by atoms with Crippen LogP contribution in [0.3, 0.4) is 0 Å². The van der Waals surface area contributed by atoms with E-state index in [0.29, 0.717) is 5.56 Å². The molecule has 0 aromatic heterocycles. The highest BCUT2D eigenvalue weighted by Crippen LogP contribution is 2.25. The summed E-state index contributed by atoms with van der Waals surface area (Å²) in [5.41, 5.74) is 2.60. The normalized spacial score (nSPS) is 13.1. The van der Waals surface area contributed by atoms with E-state index in [4.69, 9.17) is 5.11 Å². The summed E-state index contributed by atoms with van der Waals surface area (Å²) in [5, 5.41) is 8.88. The summed E-state index contributed by atoms with van der Waals surface area (Å²) in [7, 11) is 0. The Morgan fingerprint density at radius 3 is 2.32 bits per heavy atom. The molecule has 1 aromatic carbocycles. The van der Waals surface area contributed by atoms with Gasteiger partial charge in [0.2, 0.25) is 0 Å². The van der Waals surface area contributed by atoms with Gasteiger partial charge in [0.15, 0.2) is 5.78 Å². The van der Waals surface area contributed by atoms with Crippen molar-refractivity contribution in [3.8, 4) is 0 Å². The number of carboxylic acid groups (broad SMARTS) is 1. The summed E-state index contributed by atoms with van der Waals surface area (Å²) in [6.45, 7) is 9.71. The Hall–Kier alpha value is -1.64. The molecule has 1 atom stereocenters. The Bertz CT molecular complexity index is 495. The molecule has 1 unspecified atom stereocenters. The van der Waals surface area contributed by atoms with Crippen LogP contribution in [0.1, 0.15) is 55.6 Å². The molecule has 0 bridgehead atoms. The van der Waals surface area contributed by atoms with E-state index in [1.54, 1.807) is 6.92 Å². The third-order valence-electron chi connectivity index (χ3n) is 3.32. The number of rotatable bonds is 4. The number of aliphatic carboxylic acids is 1. The van der Waals surface area contributed by atoms with Gasteiger partial charge in [0.05, 0.1) is 5.92 Å². The lowest BCUT2D eigenvalue weighted by Crippen LogP contribution is -2.17. The molecule has 19 heavy (non-hydrogen) atoms. The van der Waals surface area contributed by atoms with Crippen LogP contribution in [0.5, 0.6) is 0 Å². The summed E-state index contributed by atoms with van der Waals surface area (Å²) < 4.78 is 0. The van der Waals surface area contributed by atoms with Crippen molar-refractivity contribution >= 4 is 11.8 Å². The molecule has 0 heterocycles. The van der Waals surface area contributed by atoms with Gasteiger partial charge in [-0.25, -0.2) is 0 Å². The number of hydrogen-bond acceptors (Lipinski definition) is 2. The van der Waals surface area contributed by atoms with E-state index in [1.165, 1.54) is 0 Å². The van der Waals surface area contributed by atoms with Gasteiger partial charge in [0.1, 0.15) is 0 Å². The van der Waals surface area contributed by atoms with Crippen molar-refractivity contribution in [3.63, 3.8) is 0 Å². The monoisotopic (exact) mass is 262 g/mol. The van der Waals surface area contributed by atoms with Crippen molar-refractivity contribution in [2.24, 2.45) is 5.92 Å². The first-order valence-corrected chi connectivity index (χ1v) is 6.50. The molecule has 0 saturated carbocycles. The molecule has 0 aliphatic carbocycles. The number of carbonyl (C=O) groups is 2. The van der Waals surface area contributed by atoms with E-state index >= 15 is 0 Å². The number of carboxylic acids is 1. The highest BCUT2D eigenvalue weighted by Gasteiger charge is 2.21. The topological polar surface area (TPSA) is 54.4 Å². The second-order valence-corrected chi connectivity index (χ2v) is 6.15. The van der Waals surface area contributed by atoms with Crippen LogP contribution in [0.2, 0.25) is 0 Å². The molecule has 3 heteroatoms. The Kier molecular flexibility index (Phi) is 4.51. The Labute approximate surface area is 114 Å². The van der Waals surface area contributed by atoms with E-state index in [0.717, 1.165) is 11.1 Å². The maximum absolute atomic E-state index is 12.2. The molecule has 0 spiro atoms. The SMILES string of the molecule is Cc1ccc(C(C)(C)C)cc1C(=O)CC(C)C(=O)O. The average Bonchev–Trinajstić information content (AvgIpc) is 2.27. The van der Waals surface area contributed by atoms with Gasteiger partial charge < -0.3 is 5.11 Å². The number of hydrogen-bond donors (Lipinski definition) is 1. The van der Waals surface area contributed by atoms with Crippen LogP contribution < -0.4 is 0 Å². The number of aryl methyl sites for hydroxylation is 1. The van der Waals surface area contributed by atoms with E-state index in [-0.39, 0.29) is 17.6 Å². The van der Waals surface area contributed by atoms with Crippen molar-refractivity contribution in [2.45, 2.75) is 46.5 Å². The molecule has 0 fully saturated rings. The number of Topliss-reactive ketones (excluding diaryl/α,β-unsaturated/α-hetero) is 1. The fourth-order valence-electron chi connectivity index (χ4n) is 1.86. The summed E-state index contributed by atoms with van der Waals surface area (Å²) in [4.78, 5) is 23.0. The largest absolute Gasteiger partial charge is 0.481 e. The van der Waals surface area contributed by atoms with Gasteiger partial charge in [-0.1, -0.05) is 39.8 Å². The van der Waals surface area contributed by atoms with Crippen molar-refractivity contribution in [2.75, 3.05) is 0 Å². The Morgan fingerprint density at radius 2 is 1.84 bits per heavy atom. The predicted molar refractivity (Wildman–Crippen MR) is 75.6 cm³/mol. The minimum atomic E-state index is -0.932. The molecule has 1 N–H and O–H groups in total. The van der Waals surface area contributed by atoms with Gasteiger partial charge >= 0.3 is 5.97 Å². The summed E-state index contributed by atoms with van der Waals surface area (Å²) in [5.74, 6) is -1.68. The minimum absolute atomic E-state index is 0.0266. The lowest BCUT2D eigenvalue weighted by Gasteiger charge is -2.20. The summed E-state index contributed by atoms with van der Waals surface area (Å²) >= 11 is 0. The highest BCUT2D eigenvalue weighted by molar-refractivity contribution is 5.99. The maximum atomic E-state index is 12.2. The summed E-state index contributed by atoms with van der Waals surface area (Å²) in [6, 6.07) is 5.85. The molecule has 0 aliphatic rings. The zero-order chi connectivity index (χ0) is 14.8. The highest BCUT2D eigenvalue weighted by atomic mass is 16.4. The van der Waals surface area contributed by atoms with Crippen LogP contribution in [0.15, 0.2) is 18.2 Å². The van der Waals surface area contributed by atoms with Crippen molar-refractivity contribution in [1.29, 1.82) is 0 Å². The zero-order valence-electron chi connectivity index (χ0n) is 12.3. The van der Waals surface area contributed by atoms with Crippen molar-refractivity contribution < 1.29 is 14.7 Å². The van der Waals surface area contributed by atoms with Crippen LogP contribution in [0, 0.1) is 12.8 Å². The molecule has 3 nitrogen and oxygen atoms in total. The second-order valence-electron chi connectivity index (χ2n) is 6.15. The van der Waals surface area contributed by atoms with E-state index in [1.807, 2.05) is 25.1 Å². The zero-order valence-corrected chi connectivity index (χ0v) is 12.3. The first-order valence-electron chi connectivity index (χ1n) is 6.50. The standard InChI is InChI=1S/C16H22O3/c1-10-6-7-12(16(3,4)5)9-13(10)14(17)8-11(2)15(18)19/h6-7,9,11H,8H2,1-5H3,(H,18,19). The number of ketones is 1. The van der Waals surface area contributed by atoms with Crippen LogP contribution in [-0.4, -0.2) is 16.9 Å².